The fourth-order valence-corrected chi connectivity index (χ4v) is 1.48. The van der Waals surface area contributed by atoms with E-state index in [-0.39, 0.29) is 5.91 Å². The predicted octanol–water partition coefficient (Wildman–Crippen LogP) is 1.18. The first-order chi connectivity index (χ1) is 7.06. The molecule has 1 heterocycles. The number of carbonyl (C=O) groups is 2. The molecule has 1 aliphatic heterocycles. The van der Waals surface area contributed by atoms with Gasteiger partial charge >= 0.3 is 5.97 Å². The van der Waals surface area contributed by atoms with E-state index in [1.54, 1.807) is 24.1 Å². The largest absolute Gasteiger partial charge is 0.465 e. The highest BCUT2D eigenvalue weighted by Crippen LogP contribution is 2.17. The zero-order valence-corrected chi connectivity index (χ0v) is 9.40. The summed E-state index contributed by atoms with van der Waals surface area (Å²) < 4.78 is 4.81. The molecule has 0 N–H and O–H groups in total. The van der Waals surface area contributed by atoms with Crippen LogP contribution in [0, 0.1) is 11.8 Å². The number of rotatable bonds is 4. The third-order valence-corrected chi connectivity index (χ3v) is 2.11. The van der Waals surface area contributed by atoms with Gasteiger partial charge in [-0.1, -0.05) is 13.8 Å². The van der Waals surface area contributed by atoms with Crippen LogP contribution in [0.1, 0.15) is 20.8 Å². The van der Waals surface area contributed by atoms with Crippen LogP contribution in [0.5, 0.6) is 0 Å². The van der Waals surface area contributed by atoms with E-state index >= 15 is 0 Å². The molecule has 0 saturated carbocycles. The summed E-state index contributed by atoms with van der Waals surface area (Å²) in [5.41, 5.74) is 0. The van der Waals surface area contributed by atoms with Gasteiger partial charge in [-0.2, -0.15) is 0 Å². The van der Waals surface area contributed by atoms with Crippen LogP contribution in [0.25, 0.3) is 0 Å². The Labute approximate surface area is 89.9 Å². The summed E-state index contributed by atoms with van der Waals surface area (Å²) in [6.45, 7) is 6.73. The van der Waals surface area contributed by atoms with E-state index in [1.165, 1.54) is 0 Å². The van der Waals surface area contributed by atoms with Gasteiger partial charge in [0.25, 0.3) is 0 Å². The maximum absolute atomic E-state index is 11.7. The molecular weight excluding hydrogens is 194 g/mol. The molecule has 1 aliphatic rings. The van der Waals surface area contributed by atoms with Gasteiger partial charge in [0.1, 0.15) is 0 Å². The minimum absolute atomic E-state index is 0.179. The molecule has 1 unspecified atom stereocenters. The SMILES string of the molecule is CCOC(=O)C1C=CN(CC(C)C)C1=O. The zero-order chi connectivity index (χ0) is 11.4. The molecule has 4 nitrogen and oxygen atoms in total. The van der Waals surface area contributed by atoms with Gasteiger partial charge in [-0.25, -0.2) is 0 Å². The topological polar surface area (TPSA) is 46.6 Å². The fraction of sp³-hybridized carbons (Fsp3) is 0.636. The van der Waals surface area contributed by atoms with Gasteiger partial charge < -0.3 is 9.64 Å². The highest BCUT2D eigenvalue weighted by Gasteiger charge is 2.33. The van der Waals surface area contributed by atoms with Crippen LogP contribution in [0.2, 0.25) is 0 Å². The highest BCUT2D eigenvalue weighted by molar-refractivity contribution is 6.01. The molecular formula is C11H17NO3. The van der Waals surface area contributed by atoms with Crippen LogP contribution in [0.15, 0.2) is 12.3 Å². The van der Waals surface area contributed by atoms with E-state index in [4.69, 9.17) is 4.74 Å². The van der Waals surface area contributed by atoms with Crippen LogP contribution < -0.4 is 0 Å². The van der Waals surface area contributed by atoms with Crippen molar-refractivity contribution in [1.29, 1.82) is 0 Å². The first kappa shape index (κ1) is 11.8. The summed E-state index contributed by atoms with van der Waals surface area (Å²) in [6, 6.07) is 0. The first-order valence-electron chi connectivity index (χ1n) is 5.21. The van der Waals surface area contributed by atoms with Gasteiger partial charge in [-0.15, -0.1) is 0 Å². The lowest BCUT2D eigenvalue weighted by molar-refractivity contribution is -0.151. The predicted molar refractivity (Wildman–Crippen MR) is 55.8 cm³/mol. The van der Waals surface area contributed by atoms with Crippen LogP contribution in [0.3, 0.4) is 0 Å². The van der Waals surface area contributed by atoms with Crippen LogP contribution in [0.4, 0.5) is 0 Å². The lowest BCUT2D eigenvalue weighted by Gasteiger charge is -2.17. The van der Waals surface area contributed by atoms with Crippen molar-refractivity contribution in [2.75, 3.05) is 13.2 Å². The van der Waals surface area contributed by atoms with Crippen molar-refractivity contribution in [2.24, 2.45) is 11.8 Å². The Balaban J connectivity index is 2.57. The molecule has 4 heteroatoms. The fourth-order valence-electron chi connectivity index (χ4n) is 1.48. The maximum atomic E-state index is 11.7. The molecule has 1 amide bonds. The molecule has 0 saturated heterocycles. The first-order valence-corrected chi connectivity index (χ1v) is 5.21. The number of carbonyl (C=O) groups excluding carboxylic acids is 2. The standard InChI is InChI=1S/C11H17NO3/c1-4-15-11(14)9-5-6-12(10(9)13)7-8(2)3/h5-6,8-9H,4,7H2,1-3H3. The normalized spacial score (nSPS) is 20.1. The molecule has 1 atom stereocenters. The summed E-state index contributed by atoms with van der Waals surface area (Å²) in [6.07, 6.45) is 3.27. The van der Waals surface area contributed by atoms with Crippen LogP contribution in [-0.4, -0.2) is 29.9 Å². The van der Waals surface area contributed by atoms with Crippen molar-refractivity contribution in [3.05, 3.63) is 12.3 Å². The Morgan fingerprint density at radius 1 is 1.60 bits per heavy atom. The third kappa shape index (κ3) is 2.81. The second-order valence-corrected chi connectivity index (χ2v) is 3.96. The number of hydrogen-bond acceptors (Lipinski definition) is 3. The summed E-state index contributed by atoms with van der Waals surface area (Å²) >= 11 is 0. The van der Waals surface area contributed by atoms with E-state index in [0.717, 1.165) is 0 Å². The third-order valence-electron chi connectivity index (χ3n) is 2.11. The van der Waals surface area contributed by atoms with Crippen molar-refractivity contribution >= 4 is 11.9 Å². The van der Waals surface area contributed by atoms with E-state index in [2.05, 4.69) is 0 Å². The monoisotopic (exact) mass is 211 g/mol. The molecule has 15 heavy (non-hydrogen) atoms. The molecule has 0 radical (unpaired) electrons. The Morgan fingerprint density at radius 2 is 2.27 bits per heavy atom. The number of esters is 1. The Kier molecular flexibility index (Phi) is 3.88. The molecule has 0 fully saturated rings. The molecule has 0 aromatic heterocycles. The molecule has 0 bridgehead atoms. The summed E-state index contributed by atoms with van der Waals surface area (Å²) in [5, 5.41) is 0. The number of ether oxygens (including phenoxy) is 1. The smallest absolute Gasteiger partial charge is 0.322 e. The number of nitrogens with zero attached hydrogens (tertiary/aromatic N) is 1. The molecule has 0 aromatic carbocycles. The van der Waals surface area contributed by atoms with Crippen molar-refractivity contribution in [3.63, 3.8) is 0 Å². The molecule has 1 rings (SSSR count). The molecule has 0 aromatic rings. The average molecular weight is 211 g/mol. The summed E-state index contributed by atoms with van der Waals surface area (Å²) in [4.78, 5) is 24.7. The summed E-state index contributed by atoms with van der Waals surface area (Å²) in [7, 11) is 0. The average Bonchev–Trinajstić information content (AvgIpc) is 2.48. The van der Waals surface area contributed by atoms with Gasteiger partial charge in [-0.3, -0.25) is 9.59 Å². The second kappa shape index (κ2) is 4.96. The van der Waals surface area contributed by atoms with E-state index in [9.17, 15) is 9.59 Å². The molecule has 0 spiro atoms. The number of amides is 1. The quantitative estimate of drug-likeness (QED) is 0.518. The molecule has 0 aliphatic carbocycles. The lowest BCUT2D eigenvalue weighted by Crippen LogP contribution is -2.33. The Morgan fingerprint density at radius 3 is 2.80 bits per heavy atom. The van der Waals surface area contributed by atoms with Gasteiger partial charge in [0, 0.05) is 12.7 Å². The highest BCUT2D eigenvalue weighted by atomic mass is 16.5. The summed E-state index contributed by atoms with van der Waals surface area (Å²) in [5.74, 6) is -0.976. The van der Waals surface area contributed by atoms with Crippen LogP contribution >= 0.6 is 0 Å². The van der Waals surface area contributed by atoms with Crippen molar-refractivity contribution in [3.8, 4) is 0 Å². The number of hydrogen-bond donors (Lipinski definition) is 0. The maximum Gasteiger partial charge on any atom is 0.322 e. The van der Waals surface area contributed by atoms with Crippen LogP contribution in [-0.2, 0) is 14.3 Å². The minimum Gasteiger partial charge on any atom is -0.465 e. The van der Waals surface area contributed by atoms with Gasteiger partial charge in [0.15, 0.2) is 5.92 Å². The van der Waals surface area contributed by atoms with Crippen molar-refractivity contribution in [2.45, 2.75) is 20.8 Å². The second-order valence-electron chi connectivity index (χ2n) is 3.96. The lowest BCUT2D eigenvalue weighted by atomic mass is 10.1. The van der Waals surface area contributed by atoms with Gasteiger partial charge in [-0.05, 0) is 18.9 Å². The Bertz CT molecular complexity index is 284. The Hall–Kier alpha value is -1.32. The van der Waals surface area contributed by atoms with E-state index < -0.39 is 11.9 Å². The zero-order valence-electron chi connectivity index (χ0n) is 9.40. The van der Waals surface area contributed by atoms with Crippen molar-refractivity contribution in [1.82, 2.24) is 4.90 Å². The van der Waals surface area contributed by atoms with Crippen molar-refractivity contribution < 1.29 is 14.3 Å². The van der Waals surface area contributed by atoms with E-state index in [0.29, 0.717) is 19.1 Å². The minimum atomic E-state index is -0.733. The van der Waals surface area contributed by atoms with Gasteiger partial charge in [0.05, 0.1) is 6.61 Å². The van der Waals surface area contributed by atoms with E-state index in [1.807, 2.05) is 13.8 Å². The molecule has 84 valence electrons. The van der Waals surface area contributed by atoms with Gasteiger partial charge in [0.2, 0.25) is 5.91 Å².